The number of nitrogens with zero attached hydrogens (tertiary/aromatic N) is 1. The summed E-state index contributed by atoms with van der Waals surface area (Å²) < 4.78 is 0. The molecule has 82 valence electrons. The van der Waals surface area contributed by atoms with Crippen LogP contribution in [0.3, 0.4) is 0 Å². The Morgan fingerprint density at radius 1 is 1.50 bits per heavy atom. The summed E-state index contributed by atoms with van der Waals surface area (Å²) in [6.45, 7) is 3.27. The Morgan fingerprint density at radius 3 is 2.86 bits per heavy atom. The molecule has 0 aromatic carbocycles. The van der Waals surface area contributed by atoms with Crippen LogP contribution in [0.4, 0.5) is 0 Å². The molecule has 0 aliphatic carbocycles. The van der Waals surface area contributed by atoms with E-state index < -0.39 is 12.1 Å². The van der Waals surface area contributed by atoms with Crippen molar-refractivity contribution in [2.24, 2.45) is 0 Å². The molecule has 0 saturated carbocycles. The third-order valence-electron chi connectivity index (χ3n) is 2.88. The van der Waals surface area contributed by atoms with Gasteiger partial charge in [-0.15, -0.1) is 0 Å². The van der Waals surface area contributed by atoms with Gasteiger partial charge in [-0.3, -0.25) is 4.90 Å². The van der Waals surface area contributed by atoms with E-state index in [-0.39, 0.29) is 6.54 Å². The molecule has 4 heteroatoms. The fourth-order valence-electron chi connectivity index (χ4n) is 1.91. The Kier molecular flexibility index (Phi) is 4.35. The summed E-state index contributed by atoms with van der Waals surface area (Å²) in [4.78, 5) is 12.6. The van der Waals surface area contributed by atoms with Crippen molar-refractivity contribution in [3.8, 4) is 0 Å². The molecule has 0 bridgehead atoms. The van der Waals surface area contributed by atoms with E-state index in [0.29, 0.717) is 6.04 Å². The molecular weight excluding hydrogens is 182 g/mol. The van der Waals surface area contributed by atoms with Crippen LogP contribution in [0.15, 0.2) is 0 Å². The van der Waals surface area contributed by atoms with Crippen LogP contribution in [0.25, 0.3) is 0 Å². The average molecular weight is 201 g/mol. The van der Waals surface area contributed by atoms with Gasteiger partial charge in [-0.25, -0.2) is 4.79 Å². The summed E-state index contributed by atoms with van der Waals surface area (Å²) in [6, 6.07) is 0.395. The molecule has 0 amide bonds. The number of rotatable bonds is 3. The maximum absolute atomic E-state index is 10.5. The number of hydrogen-bond donors (Lipinski definition) is 2. The van der Waals surface area contributed by atoms with Crippen LogP contribution in [0.5, 0.6) is 0 Å². The summed E-state index contributed by atoms with van der Waals surface area (Å²) in [6.07, 6.45) is 3.39. The van der Waals surface area contributed by atoms with Crippen LogP contribution in [0.2, 0.25) is 0 Å². The van der Waals surface area contributed by atoms with E-state index in [1.54, 1.807) is 0 Å². The van der Waals surface area contributed by atoms with E-state index in [1.165, 1.54) is 12.8 Å². The lowest BCUT2D eigenvalue weighted by atomic mass is 10.1. The van der Waals surface area contributed by atoms with E-state index in [2.05, 4.69) is 11.8 Å². The first-order valence-corrected chi connectivity index (χ1v) is 5.26. The van der Waals surface area contributed by atoms with Gasteiger partial charge in [0.25, 0.3) is 0 Å². The third-order valence-corrected chi connectivity index (χ3v) is 2.88. The van der Waals surface area contributed by atoms with E-state index >= 15 is 0 Å². The molecule has 1 aliphatic rings. The Labute approximate surface area is 84.5 Å². The van der Waals surface area contributed by atoms with Crippen molar-refractivity contribution in [2.45, 2.75) is 44.8 Å². The van der Waals surface area contributed by atoms with Gasteiger partial charge in [0.15, 0.2) is 6.10 Å². The smallest absolute Gasteiger partial charge is 0.333 e. The van der Waals surface area contributed by atoms with Gasteiger partial charge in [-0.05, 0) is 26.3 Å². The number of carboxylic acid groups (broad SMARTS) is 1. The first-order valence-electron chi connectivity index (χ1n) is 5.26. The maximum Gasteiger partial charge on any atom is 0.333 e. The van der Waals surface area contributed by atoms with Crippen LogP contribution >= 0.6 is 0 Å². The lowest BCUT2D eigenvalue weighted by molar-refractivity contribution is -0.147. The second-order valence-corrected chi connectivity index (χ2v) is 4.05. The van der Waals surface area contributed by atoms with Crippen molar-refractivity contribution >= 4 is 5.97 Å². The molecule has 4 nitrogen and oxygen atoms in total. The standard InChI is InChI=1S/C10H19NO3/c1-8-5-3-2-4-6-11(8)7-9(12)10(13)14/h8-9,12H,2-7H2,1H3,(H,13,14). The number of aliphatic carboxylic acids is 1. The van der Waals surface area contributed by atoms with Crippen molar-refractivity contribution in [3.05, 3.63) is 0 Å². The van der Waals surface area contributed by atoms with Crippen LogP contribution in [-0.2, 0) is 4.79 Å². The Morgan fingerprint density at radius 2 is 2.21 bits per heavy atom. The van der Waals surface area contributed by atoms with Gasteiger partial charge < -0.3 is 10.2 Å². The number of likely N-dealkylation sites (tertiary alicyclic amines) is 1. The second-order valence-electron chi connectivity index (χ2n) is 4.05. The predicted molar refractivity (Wildman–Crippen MR) is 53.1 cm³/mol. The van der Waals surface area contributed by atoms with Crippen LogP contribution in [0, 0.1) is 0 Å². The summed E-state index contributed by atoms with van der Waals surface area (Å²) >= 11 is 0. The molecular formula is C10H19NO3. The van der Waals surface area contributed by atoms with E-state index in [0.717, 1.165) is 19.4 Å². The van der Waals surface area contributed by atoms with Gasteiger partial charge >= 0.3 is 5.97 Å². The third kappa shape index (κ3) is 3.27. The fraction of sp³-hybridized carbons (Fsp3) is 0.900. The quantitative estimate of drug-likeness (QED) is 0.705. The molecule has 2 unspecified atom stereocenters. The lowest BCUT2D eigenvalue weighted by Gasteiger charge is -2.27. The zero-order chi connectivity index (χ0) is 10.6. The van der Waals surface area contributed by atoms with Crippen LogP contribution in [0.1, 0.15) is 32.6 Å². The molecule has 2 N–H and O–H groups in total. The predicted octanol–water partition coefficient (Wildman–Crippen LogP) is 0.696. The first-order chi connectivity index (χ1) is 6.61. The highest BCUT2D eigenvalue weighted by Gasteiger charge is 2.22. The number of β-amino-alcohol motifs (C(OH)–C–C–N with tert-alkyl or cyclic N) is 1. The van der Waals surface area contributed by atoms with Crippen molar-refractivity contribution in [1.29, 1.82) is 0 Å². The molecule has 1 fully saturated rings. The number of carbonyl (C=O) groups is 1. The van der Waals surface area contributed by atoms with E-state index in [4.69, 9.17) is 5.11 Å². The molecule has 1 heterocycles. The first kappa shape index (κ1) is 11.5. The van der Waals surface area contributed by atoms with Crippen LogP contribution in [-0.4, -0.2) is 46.3 Å². The maximum atomic E-state index is 10.5. The van der Waals surface area contributed by atoms with Crippen LogP contribution < -0.4 is 0 Å². The fourth-order valence-corrected chi connectivity index (χ4v) is 1.91. The van der Waals surface area contributed by atoms with Crippen molar-refractivity contribution in [3.63, 3.8) is 0 Å². The lowest BCUT2D eigenvalue weighted by Crippen LogP contribution is -2.41. The van der Waals surface area contributed by atoms with Crippen molar-refractivity contribution < 1.29 is 15.0 Å². The topological polar surface area (TPSA) is 60.8 Å². The highest BCUT2D eigenvalue weighted by atomic mass is 16.4. The normalized spacial score (nSPS) is 26.9. The molecule has 0 radical (unpaired) electrons. The molecule has 0 spiro atoms. The van der Waals surface area contributed by atoms with Gasteiger partial charge in [-0.2, -0.15) is 0 Å². The van der Waals surface area contributed by atoms with Gasteiger partial charge in [0, 0.05) is 12.6 Å². The summed E-state index contributed by atoms with van der Waals surface area (Å²) in [5.41, 5.74) is 0. The van der Waals surface area contributed by atoms with Crippen molar-refractivity contribution in [1.82, 2.24) is 4.90 Å². The highest BCUT2D eigenvalue weighted by molar-refractivity contribution is 5.72. The minimum Gasteiger partial charge on any atom is -0.479 e. The second kappa shape index (κ2) is 5.32. The zero-order valence-electron chi connectivity index (χ0n) is 8.65. The van der Waals surface area contributed by atoms with Crippen molar-refractivity contribution in [2.75, 3.05) is 13.1 Å². The van der Waals surface area contributed by atoms with Gasteiger partial charge in [0.2, 0.25) is 0 Å². The zero-order valence-corrected chi connectivity index (χ0v) is 8.65. The molecule has 1 rings (SSSR count). The molecule has 0 aromatic rings. The summed E-state index contributed by atoms with van der Waals surface area (Å²) in [5.74, 6) is -1.12. The minimum absolute atomic E-state index is 0.260. The molecule has 1 saturated heterocycles. The Balaban J connectivity index is 2.43. The van der Waals surface area contributed by atoms with Gasteiger partial charge in [0.1, 0.15) is 0 Å². The molecule has 14 heavy (non-hydrogen) atoms. The molecule has 1 aliphatic heterocycles. The molecule has 0 aromatic heterocycles. The average Bonchev–Trinajstić information content (AvgIpc) is 2.32. The number of carboxylic acids is 1. The minimum atomic E-state index is -1.24. The monoisotopic (exact) mass is 201 g/mol. The van der Waals surface area contributed by atoms with E-state index in [9.17, 15) is 9.90 Å². The largest absolute Gasteiger partial charge is 0.479 e. The summed E-state index contributed by atoms with van der Waals surface area (Å²) in [5, 5.41) is 17.8. The number of hydrogen-bond acceptors (Lipinski definition) is 3. The van der Waals surface area contributed by atoms with Gasteiger partial charge in [0.05, 0.1) is 0 Å². The Bertz CT molecular complexity index is 196. The van der Waals surface area contributed by atoms with E-state index in [1.807, 2.05) is 0 Å². The van der Waals surface area contributed by atoms with Gasteiger partial charge in [-0.1, -0.05) is 12.8 Å². The SMILES string of the molecule is CC1CCCCCN1CC(O)C(=O)O. The molecule has 2 atom stereocenters. The number of aliphatic hydroxyl groups excluding tert-OH is 1. The highest BCUT2D eigenvalue weighted by Crippen LogP contribution is 2.16. The number of aliphatic hydroxyl groups is 1. The summed E-state index contributed by atoms with van der Waals surface area (Å²) in [7, 11) is 0. The Hall–Kier alpha value is -0.610.